The average molecular weight is 244 g/mol. The molecule has 6 heteroatoms. The molecule has 0 aliphatic heterocycles. The summed E-state index contributed by atoms with van der Waals surface area (Å²) >= 11 is 0. The molecular weight excluding hydrogens is 238 g/mol. The molecule has 0 spiro atoms. The molecule has 0 radical (unpaired) electrons. The van der Waals surface area contributed by atoms with E-state index < -0.39 is 9.05 Å². The quantitative estimate of drug-likeness (QED) is 0.584. The molecule has 0 aliphatic carbocycles. The van der Waals surface area contributed by atoms with E-state index in [0.717, 1.165) is 0 Å². The Hall–Kier alpha value is -1.38. The molecule has 0 aliphatic rings. The minimum Gasteiger partial charge on any atom is -0.298 e. The predicted octanol–water partition coefficient (Wildman–Crippen LogP) is 1.61. The van der Waals surface area contributed by atoms with Crippen molar-refractivity contribution >= 4 is 26.0 Å². The van der Waals surface area contributed by atoms with E-state index in [1.165, 1.54) is 12.1 Å². The van der Waals surface area contributed by atoms with Gasteiger partial charge in [0.1, 0.15) is 0 Å². The van der Waals surface area contributed by atoms with Crippen LogP contribution < -0.4 is 0 Å². The lowest BCUT2D eigenvalue weighted by atomic mass is 10.1. The number of aldehydes is 1. The number of carbonyl (C=O) groups excluding carboxylic acids is 1. The summed E-state index contributed by atoms with van der Waals surface area (Å²) in [5, 5.41) is 8.72. The topological polar surface area (TPSA) is 75.0 Å². The van der Waals surface area contributed by atoms with Crippen molar-refractivity contribution in [3.8, 4) is 6.07 Å². The van der Waals surface area contributed by atoms with Gasteiger partial charge in [-0.15, -0.1) is 0 Å². The lowest BCUT2D eigenvalue weighted by Crippen LogP contribution is -2.01. The van der Waals surface area contributed by atoms with E-state index >= 15 is 0 Å². The first kappa shape index (κ1) is 11.7. The number of aryl methyl sites for hydroxylation is 1. The fourth-order valence-electron chi connectivity index (χ4n) is 1.18. The van der Waals surface area contributed by atoms with Gasteiger partial charge in [-0.1, -0.05) is 0 Å². The number of hydrogen-bond acceptors (Lipinski definition) is 4. The number of halogens is 1. The van der Waals surface area contributed by atoms with Crippen LogP contribution in [0.25, 0.3) is 0 Å². The SMILES string of the molecule is Cc1cc(C#N)c(C=O)c(S(=O)(=O)Cl)c1. The third kappa shape index (κ3) is 2.35. The highest BCUT2D eigenvalue weighted by Crippen LogP contribution is 2.23. The van der Waals surface area contributed by atoms with Gasteiger partial charge < -0.3 is 0 Å². The van der Waals surface area contributed by atoms with Gasteiger partial charge in [0.05, 0.1) is 22.1 Å². The zero-order chi connectivity index (χ0) is 11.6. The molecule has 0 aromatic heterocycles. The fourth-order valence-corrected chi connectivity index (χ4v) is 2.31. The van der Waals surface area contributed by atoms with E-state index in [1.807, 2.05) is 0 Å². The van der Waals surface area contributed by atoms with E-state index in [2.05, 4.69) is 0 Å². The van der Waals surface area contributed by atoms with E-state index in [-0.39, 0.29) is 16.0 Å². The summed E-state index contributed by atoms with van der Waals surface area (Å²) < 4.78 is 22.3. The van der Waals surface area contributed by atoms with Crippen LogP contribution in [0.1, 0.15) is 21.5 Å². The van der Waals surface area contributed by atoms with E-state index in [9.17, 15) is 13.2 Å². The standard InChI is InChI=1S/C9H6ClNO3S/c1-6-2-7(4-11)8(5-12)9(3-6)15(10,13)14/h2-3,5H,1H3. The van der Waals surface area contributed by atoms with Crippen LogP contribution in [0.15, 0.2) is 17.0 Å². The summed E-state index contributed by atoms with van der Waals surface area (Å²) in [4.78, 5) is 10.4. The summed E-state index contributed by atoms with van der Waals surface area (Å²) in [6.07, 6.45) is 0.313. The van der Waals surface area contributed by atoms with Crippen LogP contribution >= 0.6 is 10.7 Å². The number of hydrogen-bond donors (Lipinski definition) is 0. The minimum absolute atomic E-state index is 0.00391. The Morgan fingerprint density at radius 3 is 2.47 bits per heavy atom. The first-order chi connectivity index (χ1) is 6.90. The van der Waals surface area contributed by atoms with E-state index in [4.69, 9.17) is 15.9 Å². The summed E-state index contributed by atoms with van der Waals surface area (Å²) in [5.41, 5.74) is 0.360. The Bertz CT molecular complexity index is 557. The van der Waals surface area contributed by atoms with Gasteiger partial charge in [-0.3, -0.25) is 4.79 Å². The molecular formula is C9H6ClNO3S. The third-order valence-electron chi connectivity index (χ3n) is 1.79. The Balaban J connectivity index is 3.74. The van der Waals surface area contributed by atoms with Crippen molar-refractivity contribution in [3.05, 3.63) is 28.8 Å². The molecule has 78 valence electrons. The predicted molar refractivity (Wildman–Crippen MR) is 54.3 cm³/mol. The van der Waals surface area contributed by atoms with Crippen molar-refractivity contribution in [2.24, 2.45) is 0 Å². The second-order valence-corrected chi connectivity index (χ2v) is 5.43. The highest BCUT2D eigenvalue weighted by atomic mass is 35.7. The molecule has 0 atom stereocenters. The van der Waals surface area contributed by atoms with Gasteiger partial charge >= 0.3 is 0 Å². The van der Waals surface area contributed by atoms with Crippen molar-refractivity contribution in [2.45, 2.75) is 11.8 Å². The Morgan fingerprint density at radius 1 is 1.47 bits per heavy atom. The molecule has 1 aromatic carbocycles. The summed E-state index contributed by atoms with van der Waals surface area (Å²) in [5.74, 6) is 0. The zero-order valence-electron chi connectivity index (χ0n) is 7.69. The number of carbonyl (C=O) groups is 1. The maximum atomic E-state index is 11.1. The van der Waals surface area contributed by atoms with Gasteiger partial charge in [-0.05, 0) is 24.6 Å². The molecule has 4 nitrogen and oxygen atoms in total. The molecule has 15 heavy (non-hydrogen) atoms. The van der Waals surface area contributed by atoms with Crippen molar-refractivity contribution in [1.29, 1.82) is 5.26 Å². The fraction of sp³-hybridized carbons (Fsp3) is 0.111. The minimum atomic E-state index is -4.01. The molecule has 0 saturated carbocycles. The lowest BCUT2D eigenvalue weighted by Gasteiger charge is -2.04. The highest BCUT2D eigenvalue weighted by Gasteiger charge is 2.19. The van der Waals surface area contributed by atoms with E-state index in [0.29, 0.717) is 11.8 Å². The van der Waals surface area contributed by atoms with Gasteiger partial charge in [-0.2, -0.15) is 5.26 Å². The van der Waals surface area contributed by atoms with Crippen LogP contribution in [0.5, 0.6) is 0 Å². The number of nitriles is 1. The number of benzene rings is 1. The maximum absolute atomic E-state index is 11.1. The summed E-state index contributed by atoms with van der Waals surface area (Å²) in [7, 11) is 1.14. The van der Waals surface area contributed by atoms with Crippen LogP contribution in [-0.4, -0.2) is 14.7 Å². The lowest BCUT2D eigenvalue weighted by molar-refractivity contribution is 0.112. The largest absolute Gasteiger partial charge is 0.298 e. The molecule has 0 N–H and O–H groups in total. The van der Waals surface area contributed by atoms with Crippen molar-refractivity contribution in [1.82, 2.24) is 0 Å². The van der Waals surface area contributed by atoms with Crippen LogP contribution in [-0.2, 0) is 9.05 Å². The van der Waals surface area contributed by atoms with Gasteiger partial charge in [0, 0.05) is 10.7 Å². The van der Waals surface area contributed by atoms with Crippen molar-refractivity contribution < 1.29 is 13.2 Å². The van der Waals surface area contributed by atoms with Gasteiger partial charge in [-0.25, -0.2) is 8.42 Å². The second-order valence-electron chi connectivity index (χ2n) is 2.89. The van der Waals surface area contributed by atoms with Crippen LogP contribution in [0.2, 0.25) is 0 Å². The van der Waals surface area contributed by atoms with Gasteiger partial charge in [0.15, 0.2) is 6.29 Å². The van der Waals surface area contributed by atoms with Gasteiger partial charge in [0.25, 0.3) is 9.05 Å². The molecule has 0 saturated heterocycles. The first-order valence-corrected chi connectivity index (χ1v) is 6.15. The zero-order valence-corrected chi connectivity index (χ0v) is 9.26. The maximum Gasteiger partial charge on any atom is 0.262 e. The Morgan fingerprint density at radius 2 is 2.07 bits per heavy atom. The molecule has 1 rings (SSSR count). The molecule has 1 aromatic rings. The number of nitrogens with zero attached hydrogens (tertiary/aromatic N) is 1. The second kappa shape index (κ2) is 4.01. The Labute approximate surface area is 91.5 Å². The normalized spacial score (nSPS) is 10.7. The molecule has 0 bridgehead atoms. The first-order valence-electron chi connectivity index (χ1n) is 3.84. The van der Waals surface area contributed by atoms with Crippen molar-refractivity contribution in [3.63, 3.8) is 0 Å². The monoisotopic (exact) mass is 243 g/mol. The smallest absolute Gasteiger partial charge is 0.262 e. The molecule has 0 amide bonds. The van der Waals surface area contributed by atoms with Gasteiger partial charge in [0.2, 0.25) is 0 Å². The summed E-state index contributed by atoms with van der Waals surface area (Å²) in [6.45, 7) is 1.61. The third-order valence-corrected chi connectivity index (χ3v) is 3.15. The molecule has 0 fully saturated rings. The van der Waals surface area contributed by atoms with Crippen LogP contribution in [0.3, 0.4) is 0 Å². The summed E-state index contributed by atoms with van der Waals surface area (Å²) in [6, 6.07) is 4.43. The van der Waals surface area contributed by atoms with Crippen molar-refractivity contribution in [2.75, 3.05) is 0 Å². The average Bonchev–Trinajstić information content (AvgIpc) is 2.15. The van der Waals surface area contributed by atoms with Crippen LogP contribution in [0.4, 0.5) is 0 Å². The molecule has 0 heterocycles. The highest BCUT2D eigenvalue weighted by molar-refractivity contribution is 8.13. The number of rotatable bonds is 2. The Kier molecular flexibility index (Phi) is 3.12. The van der Waals surface area contributed by atoms with E-state index in [1.54, 1.807) is 13.0 Å². The molecule has 0 unspecified atom stereocenters. The van der Waals surface area contributed by atoms with Crippen LogP contribution in [0, 0.1) is 18.3 Å².